The second-order valence-corrected chi connectivity index (χ2v) is 9.99. The lowest BCUT2D eigenvalue weighted by Gasteiger charge is -2.30. The number of nitrogens with zero attached hydrogens (tertiary/aromatic N) is 2. The van der Waals surface area contributed by atoms with Crippen molar-refractivity contribution in [3.05, 3.63) is 122 Å². The Kier molecular flexibility index (Phi) is 10.8. The van der Waals surface area contributed by atoms with Crippen molar-refractivity contribution in [1.82, 2.24) is 20.9 Å². The number of allylic oxidation sites excluding steroid dienone is 2. The summed E-state index contributed by atoms with van der Waals surface area (Å²) >= 11 is 0. The number of hydrogen-bond donors (Lipinski definition) is 4. The number of dihydropyridines is 1. The molecule has 238 valence electrons. The molecule has 14 heteroatoms. The third kappa shape index (κ3) is 7.72. The van der Waals surface area contributed by atoms with Gasteiger partial charge in [0, 0.05) is 35.4 Å². The molecule has 4 N–H and O–H groups in total. The summed E-state index contributed by atoms with van der Waals surface area (Å²) in [7, 11) is 0. The number of amides is 2. The van der Waals surface area contributed by atoms with E-state index in [-0.39, 0.29) is 60.0 Å². The topological polar surface area (TPSA) is 199 Å². The Labute approximate surface area is 263 Å². The predicted octanol–water partition coefficient (Wildman–Crippen LogP) is 2.88. The zero-order valence-corrected chi connectivity index (χ0v) is 24.9. The van der Waals surface area contributed by atoms with Crippen LogP contribution in [0, 0.1) is 10.1 Å². The minimum atomic E-state index is -1.25. The van der Waals surface area contributed by atoms with Gasteiger partial charge in [0.05, 0.1) is 46.2 Å². The van der Waals surface area contributed by atoms with E-state index >= 15 is 0 Å². The first kappa shape index (κ1) is 32.9. The molecule has 0 fully saturated rings. The zero-order valence-electron chi connectivity index (χ0n) is 24.9. The van der Waals surface area contributed by atoms with E-state index in [4.69, 9.17) is 9.47 Å². The first-order chi connectivity index (χ1) is 22.1. The molecular weight excluding hydrogens is 598 g/mol. The highest BCUT2D eigenvalue weighted by Gasteiger charge is 2.41. The van der Waals surface area contributed by atoms with Crippen molar-refractivity contribution in [3.63, 3.8) is 0 Å². The molecule has 0 aliphatic carbocycles. The number of hydrogen-bond acceptors (Lipinski definition) is 11. The number of carbonyl (C=O) groups is 4. The van der Waals surface area contributed by atoms with Crippen LogP contribution in [0.2, 0.25) is 0 Å². The fourth-order valence-electron chi connectivity index (χ4n) is 4.88. The SMILES string of the molecule is CC1=C(C(=O)OCCNC(=O)c2cccnc2)C(c2ccccc2[N+](=O)[O-])C(C(=O)OCCNC(=O)c2ccccc2O)=C(C)N1. The van der Waals surface area contributed by atoms with Crippen LogP contribution in [-0.2, 0) is 19.1 Å². The Morgan fingerprint density at radius 3 is 2.04 bits per heavy atom. The van der Waals surface area contributed by atoms with Gasteiger partial charge in [0.25, 0.3) is 17.5 Å². The molecule has 2 heterocycles. The van der Waals surface area contributed by atoms with Gasteiger partial charge in [-0.1, -0.05) is 30.3 Å². The van der Waals surface area contributed by atoms with Crippen LogP contribution in [0.4, 0.5) is 5.69 Å². The van der Waals surface area contributed by atoms with E-state index in [1.165, 1.54) is 42.7 Å². The molecule has 2 aromatic carbocycles. The van der Waals surface area contributed by atoms with Crippen LogP contribution >= 0.6 is 0 Å². The summed E-state index contributed by atoms with van der Waals surface area (Å²) in [6.07, 6.45) is 2.91. The summed E-state index contributed by atoms with van der Waals surface area (Å²) in [4.78, 5) is 67.0. The molecule has 0 spiro atoms. The molecule has 0 saturated carbocycles. The molecule has 46 heavy (non-hydrogen) atoms. The maximum absolute atomic E-state index is 13.5. The van der Waals surface area contributed by atoms with Gasteiger partial charge in [0.2, 0.25) is 0 Å². The van der Waals surface area contributed by atoms with Crippen LogP contribution in [0.1, 0.15) is 46.0 Å². The average molecular weight is 630 g/mol. The highest BCUT2D eigenvalue weighted by atomic mass is 16.6. The van der Waals surface area contributed by atoms with Crippen molar-refractivity contribution in [2.45, 2.75) is 19.8 Å². The molecule has 4 rings (SSSR count). The van der Waals surface area contributed by atoms with Crippen molar-refractivity contribution in [1.29, 1.82) is 0 Å². The normalized spacial score (nSPS) is 14.2. The van der Waals surface area contributed by atoms with E-state index in [1.807, 2.05) is 0 Å². The van der Waals surface area contributed by atoms with Crippen molar-refractivity contribution >= 4 is 29.4 Å². The predicted molar refractivity (Wildman–Crippen MR) is 163 cm³/mol. The van der Waals surface area contributed by atoms with Crippen LogP contribution in [0.5, 0.6) is 5.75 Å². The molecule has 1 aliphatic rings. The van der Waals surface area contributed by atoms with Gasteiger partial charge in [-0.05, 0) is 38.1 Å². The number of phenols is 1. The third-order valence-electron chi connectivity index (χ3n) is 6.96. The molecule has 3 aromatic rings. The van der Waals surface area contributed by atoms with E-state index in [0.29, 0.717) is 17.0 Å². The number of aromatic hydroxyl groups is 1. The molecule has 0 radical (unpaired) electrons. The molecule has 1 unspecified atom stereocenters. The van der Waals surface area contributed by atoms with Crippen molar-refractivity contribution in [3.8, 4) is 5.75 Å². The third-order valence-corrected chi connectivity index (χ3v) is 6.96. The second kappa shape index (κ2) is 15.1. The lowest BCUT2D eigenvalue weighted by atomic mass is 9.79. The Morgan fingerprint density at radius 1 is 0.870 bits per heavy atom. The van der Waals surface area contributed by atoms with Crippen LogP contribution in [0.25, 0.3) is 0 Å². The Morgan fingerprint density at radius 2 is 1.46 bits per heavy atom. The fraction of sp³-hybridized carbons (Fsp3) is 0.219. The molecule has 2 amide bonds. The van der Waals surface area contributed by atoms with E-state index in [9.17, 15) is 34.4 Å². The largest absolute Gasteiger partial charge is 0.507 e. The van der Waals surface area contributed by atoms with Gasteiger partial charge >= 0.3 is 11.9 Å². The van der Waals surface area contributed by atoms with Crippen LogP contribution in [0.15, 0.2) is 95.6 Å². The first-order valence-electron chi connectivity index (χ1n) is 14.1. The van der Waals surface area contributed by atoms with Crippen molar-refractivity contribution in [2.75, 3.05) is 26.3 Å². The molecule has 1 atom stereocenters. The number of aromatic nitrogens is 1. The number of nitro benzene ring substituents is 1. The Balaban J connectivity index is 1.51. The number of nitro groups is 1. The van der Waals surface area contributed by atoms with Gasteiger partial charge in [-0.2, -0.15) is 0 Å². The number of carbonyl (C=O) groups excluding carboxylic acids is 4. The number of nitrogens with one attached hydrogen (secondary N) is 3. The van der Waals surface area contributed by atoms with Crippen LogP contribution < -0.4 is 16.0 Å². The molecule has 1 aromatic heterocycles. The highest BCUT2D eigenvalue weighted by Crippen LogP contribution is 2.42. The minimum Gasteiger partial charge on any atom is -0.507 e. The average Bonchev–Trinajstić information content (AvgIpc) is 3.04. The van der Waals surface area contributed by atoms with Gasteiger partial charge in [-0.3, -0.25) is 24.7 Å². The first-order valence-corrected chi connectivity index (χ1v) is 14.1. The van der Waals surface area contributed by atoms with Crippen molar-refractivity contribution < 1.29 is 38.7 Å². The van der Waals surface area contributed by atoms with E-state index in [1.54, 1.807) is 44.2 Å². The van der Waals surface area contributed by atoms with Gasteiger partial charge in [-0.25, -0.2) is 9.59 Å². The summed E-state index contributed by atoms with van der Waals surface area (Å²) in [5.74, 6) is -4.21. The summed E-state index contributed by atoms with van der Waals surface area (Å²) in [6, 6.07) is 14.8. The molecule has 0 bridgehead atoms. The summed E-state index contributed by atoms with van der Waals surface area (Å²) in [5.41, 5.74) is 0.568. The maximum atomic E-state index is 13.5. The number of rotatable bonds is 12. The number of esters is 2. The monoisotopic (exact) mass is 629 g/mol. The smallest absolute Gasteiger partial charge is 0.336 e. The van der Waals surface area contributed by atoms with Gasteiger partial charge in [0.1, 0.15) is 19.0 Å². The molecule has 0 saturated heterocycles. The van der Waals surface area contributed by atoms with Gasteiger partial charge in [-0.15, -0.1) is 0 Å². The lowest BCUT2D eigenvalue weighted by Crippen LogP contribution is -2.35. The number of para-hydroxylation sites is 2. The standard InChI is InChI=1S/C32H31N5O9/c1-19-26(31(41)45-16-14-34-29(39)21-8-7-13-33-18-21)28(22-9-3-5-11-24(22)37(43)44)27(20(2)36-19)32(42)46-17-15-35-30(40)23-10-4-6-12-25(23)38/h3-13,18,28,36,38H,14-17H2,1-2H3,(H,34,39)(H,35,40). The van der Waals surface area contributed by atoms with E-state index in [2.05, 4.69) is 20.9 Å². The summed E-state index contributed by atoms with van der Waals surface area (Å²) < 4.78 is 10.9. The lowest BCUT2D eigenvalue weighted by molar-refractivity contribution is -0.385. The number of pyridine rings is 1. The van der Waals surface area contributed by atoms with Crippen molar-refractivity contribution in [2.24, 2.45) is 0 Å². The van der Waals surface area contributed by atoms with E-state index < -0.39 is 34.6 Å². The number of phenolic OH excluding ortho intramolecular Hbond substituents is 1. The molecule has 14 nitrogen and oxygen atoms in total. The summed E-state index contributed by atoms with van der Waals surface area (Å²) in [6.45, 7) is 2.48. The fourth-order valence-corrected chi connectivity index (χ4v) is 4.88. The minimum absolute atomic E-state index is 0.0361. The second-order valence-electron chi connectivity index (χ2n) is 9.99. The van der Waals surface area contributed by atoms with Crippen LogP contribution in [-0.4, -0.2) is 65.1 Å². The zero-order chi connectivity index (χ0) is 33.2. The quantitative estimate of drug-likeness (QED) is 0.0994. The highest BCUT2D eigenvalue weighted by molar-refractivity contribution is 6.00. The van der Waals surface area contributed by atoms with Gasteiger partial charge in [0.15, 0.2) is 0 Å². The Hall–Kier alpha value is -6.05. The maximum Gasteiger partial charge on any atom is 0.336 e. The van der Waals surface area contributed by atoms with Crippen LogP contribution in [0.3, 0.4) is 0 Å². The molecule has 1 aliphatic heterocycles. The van der Waals surface area contributed by atoms with E-state index in [0.717, 1.165) is 0 Å². The Bertz CT molecular complexity index is 1720. The number of benzene rings is 2. The summed E-state index contributed by atoms with van der Waals surface area (Å²) in [5, 5.41) is 30.0. The molecular formula is C32H31N5O9. The number of ether oxygens (including phenoxy) is 2. The van der Waals surface area contributed by atoms with Gasteiger partial charge < -0.3 is 30.5 Å².